The molecule has 1 aliphatic heterocycles. The van der Waals surface area contributed by atoms with E-state index in [2.05, 4.69) is 16.3 Å². The van der Waals surface area contributed by atoms with E-state index < -0.39 is 0 Å². The van der Waals surface area contributed by atoms with E-state index >= 15 is 0 Å². The molecule has 3 N–H and O–H groups in total. The van der Waals surface area contributed by atoms with Crippen LogP contribution in [0.2, 0.25) is 0 Å². The van der Waals surface area contributed by atoms with Gasteiger partial charge in [-0.2, -0.15) is 0 Å². The van der Waals surface area contributed by atoms with E-state index in [0.717, 1.165) is 31.9 Å². The van der Waals surface area contributed by atoms with Crippen LogP contribution in [0, 0.1) is 0 Å². The van der Waals surface area contributed by atoms with E-state index in [1.165, 1.54) is 5.69 Å². The van der Waals surface area contributed by atoms with Gasteiger partial charge >= 0.3 is 0 Å². The molecule has 1 aromatic carbocycles. The molecule has 0 unspecified atom stereocenters. The molecule has 0 atom stereocenters. The molecule has 1 heterocycles. The lowest BCUT2D eigenvalue weighted by molar-refractivity contribution is 0.342. The van der Waals surface area contributed by atoms with Gasteiger partial charge in [0.05, 0.1) is 12.3 Å². The SMILES string of the molecule is CCOc1cc(N2CCNCC2)ccc1N. The number of nitrogens with two attached hydrogens (primary N) is 1. The third-order valence-corrected chi connectivity index (χ3v) is 2.78. The summed E-state index contributed by atoms with van der Waals surface area (Å²) in [5.41, 5.74) is 7.75. The number of hydrogen-bond acceptors (Lipinski definition) is 4. The molecule has 1 aromatic rings. The Morgan fingerprint density at radius 3 is 2.81 bits per heavy atom. The first-order valence-corrected chi connectivity index (χ1v) is 5.79. The second-order valence-corrected chi connectivity index (χ2v) is 3.89. The number of hydrogen-bond donors (Lipinski definition) is 2. The third kappa shape index (κ3) is 2.39. The van der Waals surface area contributed by atoms with Gasteiger partial charge in [-0.1, -0.05) is 0 Å². The fourth-order valence-corrected chi connectivity index (χ4v) is 1.92. The van der Waals surface area contributed by atoms with E-state index in [4.69, 9.17) is 10.5 Å². The molecule has 16 heavy (non-hydrogen) atoms. The Bertz CT molecular complexity index is 348. The Morgan fingerprint density at radius 2 is 2.12 bits per heavy atom. The highest BCUT2D eigenvalue weighted by molar-refractivity contribution is 5.62. The molecule has 0 bridgehead atoms. The quantitative estimate of drug-likeness (QED) is 0.750. The van der Waals surface area contributed by atoms with Crippen LogP contribution in [-0.4, -0.2) is 32.8 Å². The van der Waals surface area contributed by atoms with Gasteiger partial charge in [0.2, 0.25) is 0 Å². The van der Waals surface area contributed by atoms with Gasteiger partial charge in [0.1, 0.15) is 5.75 Å². The van der Waals surface area contributed by atoms with Crippen LogP contribution in [0.1, 0.15) is 6.92 Å². The Balaban J connectivity index is 2.17. The first-order chi connectivity index (χ1) is 7.81. The summed E-state index contributed by atoms with van der Waals surface area (Å²) in [6, 6.07) is 6.01. The van der Waals surface area contributed by atoms with E-state index in [9.17, 15) is 0 Å². The fourth-order valence-electron chi connectivity index (χ4n) is 1.92. The van der Waals surface area contributed by atoms with Crippen molar-refractivity contribution in [1.29, 1.82) is 0 Å². The Hall–Kier alpha value is -1.42. The van der Waals surface area contributed by atoms with Crippen molar-refractivity contribution in [2.45, 2.75) is 6.92 Å². The summed E-state index contributed by atoms with van der Waals surface area (Å²) >= 11 is 0. The molecule has 0 aliphatic carbocycles. The zero-order chi connectivity index (χ0) is 11.4. The van der Waals surface area contributed by atoms with Crippen LogP contribution in [0.15, 0.2) is 18.2 Å². The monoisotopic (exact) mass is 221 g/mol. The van der Waals surface area contributed by atoms with E-state index in [1.54, 1.807) is 0 Å². The molecule has 0 aromatic heterocycles. The Kier molecular flexibility index (Phi) is 3.51. The lowest BCUT2D eigenvalue weighted by Crippen LogP contribution is -2.43. The molecule has 1 fully saturated rings. The average molecular weight is 221 g/mol. The van der Waals surface area contributed by atoms with Crippen molar-refractivity contribution in [1.82, 2.24) is 5.32 Å². The molecule has 0 amide bonds. The molecule has 1 aliphatic rings. The van der Waals surface area contributed by atoms with Crippen molar-refractivity contribution in [2.75, 3.05) is 43.4 Å². The van der Waals surface area contributed by atoms with Crippen molar-refractivity contribution in [3.05, 3.63) is 18.2 Å². The molecule has 0 radical (unpaired) electrons. The molecule has 0 saturated carbocycles. The third-order valence-electron chi connectivity index (χ3n) is 2.78. The predicted octanol–water partition coefficient (Wildman–Crippen LogP) is 1.08. The second kappa shape index (κ2) is 5.07. The minimum absolute atomic E-state index is 0.648. The molecule has 4 nitrogen and oxygen atoms in total. The van der Waals surface area contributed by atoms with Gasteiger partial charge in [-0.15, -0.1) is 0 Å². The van der Waals surface area contributed by atoms with Gasteiger partial charge in [-0.3, -0.25) is 0 Å². The molecular weight excluding hydrogens is 202 g/mol. The summed E-state index contributed by atoms with van der Waals surface area (Å²) in [5.74, 6) is 0.790. The van der Waals surface area contributed by atoms with Gasteiger partial charge in [0.15, 0.2) is 0 Å². The maximum Gasteiger partial charge on any atom is 0.144 e. The number of nitrogens with zero attached hydrogens (tertiary/aromatic N) is 1. The Morgan fingerprint density at radius 1 is 1.38 bits per heavy atom. The summed E-state index contributed by atoms with van der Waals surface area (Å²) < 4.78 is 5.50. The minimum atomic E-state index is 0.648. The highest BCUT2D eigenvalue weighted by atomic mass is 16.5. The van der Waals surface area contributed by atoms with E-state index in [0.29, 0.717) is 12.3 Å². The molecular formula is C12H19N3O. The number of piperazine rings is 1. The molecule has 88 valence electrons. The summed E-state index contributed by atoms with van der Waals surface area (Å²) in [6.07, 6.45) is 0. The van der Waals surface area contributed by atoms with Crippen molar-refractivity contribution in [3.63, 3.8) is 0 Å². The average Bonchev–Trinajstić information content (AvgIpc) is 2.33. The largest absolute Gasteiger partial charge is 0.492 e. The topological polar surface area (TPSA) is 50.5 Å². The van der Waals surface area contributed by atoms with Crippen LogP contribution in [0.4, 0.5) is 11.4 Å². The highest BCUT2D eigenvalue weighted by Crippen LogP contribution is 2.27. The van der Waals surface area contributed by atoms with Gasteiger partial charge < -0.3 is 20.7 Å². The van der Waals surface area contributed by atoms with Crippen LogP contribution < -0.4 is 20.7 Å². The Labute approximate surface area is 96.4 Å². The fraction of sp³-hybridized carbons (Fsp3) is 0.500. The number of rotatable bonds is 3. The molecule has 4 heteroatoms. The smallest absolute Gasteiger partial charge is 0.144 e. The van der Waals surface area contributed by atoms with Crippen LogP contribution in [0.25, 0.3) is 0 Å². The summed E-state index contributed by atoms with van der Waals surface area (Å²) in [7, 11) is 0. The number of anilines is 2. The molecule has 0 spiro atoms. The van der Waals surface area contributed by atoms with Crippen molar-refractivity contribution < 1.29 is 4.74 Å². The lowest BCUT2D eigenvalue weighted by Gasteiger charge is -2.29. The first kappa shape index (κ1) is 11.1. The summed E-state index contributed by atoms with van der Waals surface area (Å²) in [4.78, 5) is 2.35. The van der Waals surface area contributed by atoms with Gasteiger partial charge in [-0.05, 0) is 19.1 Å². The highest BCUT2D eigenvalue weighted by Gasteiger charge is 2.11. The number of benzene rings is 1. The second-order valence-electron chi connectivity index (χ2n) is 3.89. The van der Waals surface area contributed by atoms with E-state index in [1.807, 2.05) is 19.1 Å². The number of nitrogens with one attached hydrogen (secondary N) is 1. The van der Waals surface area contributed by atoms with Gasteiger partial charge in [0.25, 0.3) is 0 Å². The van der Waals surface area contributed by atoms with Crippen molar-refractivity contribution in [3.8, 4) is 5.75 Å². The van der Waals surface area contributed by atoms with Gasteiger partial charge in [0, 0.05) is 37.9 Å². The van der Waals surface area contributed by atoms with Crippen molar-refractivity contribution >= 4 is 11.4 Å². The maximum absolute atomic E-state index is 5.85. The molecule has 1 saturated heterocycles. The molecule has 2 rings (SSSR count). The standard InChI is InChI=1S/C12H19N3O/c1-2-16-12-9-10(3-4-11(12)13)15-7-5-14-6-8-15/h3-4,9,14H,2,5-8,13H2,1H3. The van der Waals surface area contributed by atoms with Crippen LogP contribution in [0.3, 0.4) is 0 Å². The summed E-state index contributed by atoms with van der Waals surface area (Å²) in [5, 5.41) is 3.34. The number of nitrogen functional groups attached to an aromatic ring is 1. The van der Waals surface area contributed by atoms with Crippen LogP contribution in [-0.2, 0) is 0 Å². The van der Waals surface area contributed by atoms with Crippen LogP contribution in [0.5, 0.6) is 5.75 Å². The summed E-state index contributed by atoms with van der Waals surface area (Å²) in [6.45, 7) is 6.76. The first-order valence-electron chi connectivity index (χ1n) is 5.79. The minimum Gasteiger partial charge on any atom is -0.492 e. The zero-order valence-electron chi connectivity index (χ0n) is 9.70. The van der Waals surface area contributed by atoms with Crippen LogP contribution >= 0.6 is 0 Å². The van der Waals surface area contributed by atoms with Gasteiger partial charge in [-0.25, -0.2) is 0 Å². The van der Waals surface area contributed by atoms with E-state index in [-0.39, 0.29) is 0 Å². The maximum atomic E-state index is 5.85. The zero-order valence-corrected chi connectivity index (χ0v) is 9.70. The van der Waals surface area contributed by atoms with Crippen molar-refractivity contribution in [2.24, 2.45) is 0 Å². The lowest BCUT2D eigenvalue weighted by atomic mass is 10.2. The predicted molar refractivity (Wildman–Crippen MR) is 67.1 cm³/mol. The number of ether oxygens (including phenoxy) is 1. The normalized spacial score (nSPS) is 16.2.